The molecule has 0 unspecified atom stereocenters. The van der Waals surface area contributed by atoms with Crippen LogP contribution >= 0.6 is 0 Å². The third-order valence-corrected chi connectivity index (χ3v) is 4.47. The van der Waals surface area contributed by atoms with Gasteiger partial charge in [0.15, 0.2) is 6.54 Å². The molecule has 1 aliphatic rings. The van der Waals surface area contributed by atoms with E-state index in [0.717, 1.165) is 38.3 Å². The highest BCUT2D eigenvalue weighted by atomic mass is 16.3. The number of hydrogen-bond donors (Lipinski definition) is 3. The second-order valence-electron chi connectivity index (χ2n) is 6.69. The molecule has 3 N–H and O–H groups in total. The minimum Gasteiger partial charge on any atom is -0.506 e. The topological polar surface area (TPSA) is 57.0 Å². The van der Waals surface area contributed by atoms with Crippen LogP contribution in [-0.4, -0.2) is 49.3 Å². The Morgan fingerprint density at radius 3 is 2.55 bits per heavy atom. The lowest BCUT2D eigenvalue weighted by atomic mass is 10.0. The number of quaternary nitrogens is 1. The zero-order valence-electron chi connectivity index (χ0n) is 13.9. The van der Waals surface area contributed by atoms with Gasteiger partial charge in [0.05, 0.1) is 31.9 Å². The van der Waals surface area contributed by atoms with Gasteiger partial charge in [0.25, 0.3) is 5.91 Å². The Morgan fingerprint density at radius 1 is 1.32 bits per heavy atom. The van der Waals surface area contributed by atoms with Crippen LogP contribution in [0.25, 0.3) is 0 Å². The van der Waals surface area contributed by atoms with Gasteiger partial charge in [0, 0.05) is 5.54 Å². The van der Waals surface area contributed by atoms with Gasteiger partial charge in [-0.25, -0.2) is 0 Å². The Morgan fingerprint density at radius 2 is 1.95 bits per heavy atom. The molecule has 122 valence electrons. The van der Waals surface area contributed by atoms with Crippen LogP contribution in [0.4, 0.5) is 5.69 Å². The van der Waals surface area contributed by atoms with E-state index in [2.05, 4.69) is 31.0 Å². The van der Waals surface area contributed by atoms with Crippen molar-refractivity contribution in [1.82, 2.24) is 5.32 Å². The fourth-order valence-electron chi connectivity index (χ4n) is 2.71. The monoisotopic (exact) mass is 306 g/mol. The number of amides is 1. The van der Waals surface area contributed by atoms with Crippen LogP contribution in [0, 0.1) is 0 Å². The Bertz CT molecular complexity index is 508. The molecule has 0 aliphatic carbocycles. The molecule has 1 aromatic rings. The standard InChI is InChI=1S/C17H27N3O2/c1-4-17(2,3)18-16(22)13-19-9-11-20(12-10-19)14-7-5-6-8-15(14)21/h5-8,21H,4,9-13H2,1-3H3,(H,18,22)/p+1. The van der Waals surface area contributed by atoms with Crippen molar-refractivity contribution in [2.24, 2.45) is 0 Å². The lowest BCUT2D eigenvalue weighted by molar-refractivity contribution is -0.892. The Labute approximate surface area is 132 Å². The zero-order valence-corrected chi connectivity index (χ0v) is 13.9. The maximum absolute atomic E-state index is 12.1. The largest absolute Gasteiger partial charge is 0.506 e. The highest BCUT2D eigenvalue weighted by molar-refractivity contribution is 5.77. The van der Waals surface area contributed by atoms with E-state index in [1.54, 1.807) is 6.07 Å². The molecule has 5 nitrogen and oxygen atoms in total. The van der Waals surface area contributed by atoms with Crippen molar-refractivity contribution in [3.63, 3.8) is 0 Å². The number of para-hydroxylation sites is 2. The highest BCUT2D eigenvalue weighted by Crippen LogP contribution is 2.25. The third kappa shape index (κ3) is 4.37. The number of nitrogens with one attached hydrogen (secondary N) is 2. The zero-order chi connectivity index (χ0) is 16.2. The van der Waals surface area contributed by atoms with Gasteiger partial charge < -0.3 is 20.2 Å². The van der Waals surface area contributed by atoms with E-state index in [9.17, 15) is 9.90 Å². The van der Waals surface area contributed by atoms with Crippen LogP contribution in [0.15, 0.2) is 24.3 Å². The van der Waals surface area contributed by atoms with E-state index in [4.69, 9.17) is 0 Å². The summed E-state index contributed by atoms with van der Waals surface area (Å²) in [7, 11) is 0. The number of hydrogen-bond acceptors (Lipinski definition) is 3. The maximum atomic E-state index is 12.1. The number of carbonyl (C=O) groups is 1. The van der Waals surface area contributed by atoms with Crippen LogP contribution in [-0.2, 0) is 4.79 Å². The lowest BCUT2D eigenvalue weighted by Crippen LogP contribution is -3.16. The summed E-state index contributed by atoms with van der Waals surface area (Å²) in [6, 6.07) is 7.43. The maximum Gasteiger partial charge on any atom is 0.275 e. The molecule has 1 aromatic carbocycles. The molecule has 0 radical (unpaired) electrons. The SMILES string of the molecule is CCC(C)(C)NC(=O)C[NH+]1CCN(c2ccccc2O)CC1. The van der Waals surface area contributed by atoms with Crippen molar-refractivity contribution in [1.29, 1.82) is 0 Å². The molecule has 1 heterocycles. The molecule has 1 aliphatic heterocycles. The number of piperazine rings is 1. The number of nitrogens with zero attached hydrogens (tertiary/aromatic N) is 1. The van der Waals surface area contributed by atoms with E-state index >= 15 is 0 Å². The first-order chi connectivity index (χ1) is 10.4. The summed E-state index contributed by atoms with van der Waals surface area (Å²) in [5, 5.41) is 13.0. The predicted octanol–water partition coefficient (Wildman–Crippen LogP) is 0.402. The van der Waals surface area contributed by atoms with E-state index in [1.807, 2.05) is 18.2 Å². The number of anilines is 1. The number of phenols is 1. The molecule has 5 heteroatoms. The summed E-state index contributed by atoms with van der Waals surface area (Å²) in [5.74, 6) is 0.450. The molecule has 0 saturated carbocycles. The summed E-state index contributed by atoms with van der Waals surface area (Å²) < 4.78 is 0. The van der Waals surface area contributed by atoms with Crippen molar-refractivity contribution in [3.05, 3.63) is 24.3 Å². The summed E-state index contributed by atoms with van der Waals surface area (Å²) in [6.45, 7) is 10.3. The molecule has 0 spiro atoms. The first kappa shape index (κ1) is 16.6. The van der Waals surface area contributed by atoms with E-state index in [1.165, 1.54) is 4.90 Å². The fraction of sp³-hybridized carbons (Fsp3) is 0.588. The Kier molecular flexibility index (Phi) is 5.29. The van der Waals surface area contributed by atoms with Crippen molar-refractivity contribution < 1.29 is 14.8 Å². The summed E-state index contributed by atoms with van der Waals surface area (Å²) in [4.78, 5) is 15.6. The van der Waals surface area contributed by atoms with Crippen LogP contribution in [0.5, 0.6) is 5.75 Å². The van der Waals surface area contributed by atoms with E-state index in [-0.39, 0.29) is 11.4 Å². The quantitative estimate of drug-likeness (QED) is 0.738. The minimum absolute atomic E-state index is 0.123. The van der Waals surface area contributed by atoms with E-state index in [0.29, 0.717) is 12.3 Å². The van der Waals surface area contributed by atoms with Crippen LogP contribution in [0.2, 0.25) is 0 Å². The molecule has 22 heavy (non-hydrogen) atoms. The van der Waals surface area contributed by atoms with Gasteiger partial charge in [0.2, 0.25) is 0 Å². The molecular formula is C17H28N3O2+. The van der Waals surface area contributed by atoms with Crippen LogP contribution in [0.1, 0.15) is 27.2 Å². The average Bonchev–Trinajstić information content (AvgIpc) is 2.48. The van der Waals surface area contributed by atoms with Gasteiger partial charge >= 0.3 is 0 Å². The number of aromatic hydroxyl groups is 1. The van der Waals surface area contributed by atoms with Gasteiger partial charge in [-0.05, 0) is 32.4 Å². The molecule has 1 amide bonds. The Hall–Kier alpha value is -1.75. The summed E-state index contributed by atoms with van der Waals surface area (Å²) >= 11 is 0. The van der Waals surface area contributed by atoms with Crippen LogP contribution < -0.4 is 15.1 Å². The summed E-state index contributed by atoms with van der Waals surface area (Å²) in [6.07, 6.45) is 0.926. The number of rotatable bonds is 5. The minimum atomic E-state index is -0.131. The van der Waals surface area contributed by atoms with Crippen molar-refractivity contribution in [2.45, 2.75) is 32.7 Å². The number of benzene rings is 1. The summed E-state index contributed by atoms with van der Waals surface area (Å²) in [5.41, 5.74) is 0.756. The van der Waals surface area contributed by atoms with E-state index < -0.39 is 0 Å². The van der Waals surface area contributed by atoms with Gasteiger partial charge in [-0.15, -0.1) is 0 Å². The van der Waals surface area contributed by atoms with Crippen molar-refractivity contribution >= 4 is 11.6 Å². The molecule has 2 rings (SSSR count). The number of carbonyl (C=O) groups excluding carboxylic acids is 1. The molecule has 1 saturated heterocycles. The first-order valence-corrected chi connectivity index (χ1v) is 8.09. The van der Waals surface area contributed by atoms with Crippen molar-refractivity contribution in [2.75, 3.05) is 37.6 Å². The van der Waals surface area contributed by atoms with Gasteiger partial charge in [-0.1, -0.05) is 19.1 Å². The average molecular weight is 306 g/mol. The predicted molar refractivity (Wildman–Crippen MR) is 88.4 cm³/mol. The smallest absolute Gasteiger partial charge is 0.275 e. The second-order valence-corrected chi connectivity index (χ2v) is 6.69. The Balaban J connectivity index is 1.83. The molecule has 1 fully saturated rings. The molecule has 0 atom stereocenters. The molecule has 0 bridgehead atoms. The third-order valence-electron chi connectivity index (χ3n) is 4.47. The normalized spacial score (nSPS) is 16.6. The second kappa shape index (κ2) is 7.01. The first-order valence-electron chi connectivity index (χ1n) is 8.09. The van der Waals surface area contributed by atoms with Crippen LogP contribution in [0.3, 0.4) is 0 Å². The lowest BCUT2D eigenvalue weighted by Gasteiger charge is -2.34. The van der Waals surface area contributed by atoms with Gasteiger partial charge in [0.1, 0.15) is 5.75 Å². The van der Waals surface area contributed by atoms with Gasteiger partial charge in [-0.2, -0.15) is 0 Å². The van der Waals surface area contributed by atoms with Gasteiger partial charge in [-0.3, -0.25) is 4.79 Å². The molecular weight excluding hydrogens is 278 g/mol. The number of phenolic OH excluding ortho intramolecular Hbond substituents is 1. The fourth-order valence-corrected chi connectivity index (χ4v) is 2.71. The van der Waals surface area contributed by atoms with Crippen molar-refractivity contribution in [3.8, 4) is 5.75 Å². The highest BCUT2D eigenvalue weighted by Gasteiger charge is 2.25. The molecule has 0 aromatic heterocycles.